The maximum atomic E-state index is 9.12. The van der Waals surface area contributed by atoms with Crippen molar-refractivity contribution in [2.75, 3.05) is 0 Å². The third-order valence-electron chi connectivity index (χ3n) is 2.81. The van der Waals surface area contributed by atoms with Crippen LogP contribution >= 0.6 is 0 Å². The molecule has 1 saturated carbocycles. The van der Waals surface area contributed by atoms with E-state index in [1.165, 1.54) is 5.56 Å². The van der Waals surface area contributed by atoms with Gasteiger partial charge in [0, 0.05) is 31.4 Å². The van der Waals surface area contributed by atoms with Gasteiger partial charge < -0.3 is 10.4 Å². The highest BCUT2D eigenvalue weighted by Crippen LogP contribution is 2.19. The Morgan fingerprint density at radius 1 is 1.64 bits per heavy atom. The number of rotatable bonds is 3. The number of aryl methyl sites for hydroxylation is 2. The minimum Gasteiger partial charge on any atom is -0.393 e. The normalized spacial score (nSPS) is 26.2. The molecule has 4 nitrogen and oxygen atoms in total. The average molecular weight is 195 g/mol. The second kappa shape index (κ2) is 3.71. The van der Waals surface area contributed by atoms with Gasteiger partial charge in [0.1, 0.15) is 0 Å². The standard InChI is InChI=1S/C10H17N3O/c1-7-8(6-13(2)12-7)5-11-9-3-10(14)4-9/h6,9-11,14H,3-5H2,1-2H3. The minimum atomic E-state index is -0.0810. The quantitative estimate of drug-likeness (QED) is 0.731. The molecule has 0 aliphatic heterocycles. The maximum absolute atomic E-state index is 9.12. The molecule has 2 N–H and O–H groups in total. The van der Waals surface area contributed by atoms with Crippen molar-refractivity contribution in [2.24, 2.45) is 7.05 Å². The van der Waals surface area contributed by atoms with Crippen LogP contribution in [0.2, 0.25) is 0 Å². The second-order valence-electron chi connectivity index (χ2n) is 4.12. The van der Waals surface area contributed by atoms with Gasteiger partial charge in [-0.15, -0.1) is 0 Å². The summed E-state index contributed by atoms with van der Waals surface area (Å²) in [6.45, 7) is 2.88. The summed E-state index contributed by atoms with van der Waals surface area (Å²) >= 11 is 0. The summed E-state index contributed by atoms with van der Waals surface area (Å²) < 4.78 is 1.84. The van der Waals surface area contributed by atoms with Crippen LogP contribution in [-0.4, -0.2) is 27.0 Å². The highest BCUT2D eigenvalue weighted by molar-refractivity contribution is 5.15. The van der Waals surface area contributed by atoms with Crippen molar-refractivity contribution in [3.05, 3.63) is 17.5 Å². The second-order valence-corrected chi connectivity index (χ2v) is 4.12. The van der Waals surface area contributed by atoms with E-state index in [2.05, 4.69) is 10.4 Å². The van der Waals surface area contributed by atoms with Crippen molar-refractivity contribution in [1.82, 2.24) is 15.1 Å². The number of aliphatic hydroxyl groups excluding tert-OH is 1. The van der Waals surface area contributed by atoms with Crippen molar-refractivity contribution < 1.29 is 5.11 Å². The van der Waals surface area contributed by atoms with Crippen molar-refractivity contribution in [2.45, 2.75) is 38.5 Å². The molecule has 0 amide bonds. The fourth-order valence-corrected chi connectivity index (χ4v) is 1.83. The molecule has 1 aromatic heterocycles. The van der Waals surface area contributed by atoms with E-state index >= 15 is 0 Å². The summed E-state index contributed by atoms with van der Waals surface area (Å²) in [6.07, 6.45) is 3.73. The molecule has 0 aromatic carbocycles. The van der Waals surface area contributed by atoms with E-state index in [1.54, 1.807) is 0 Å². The van der Waals surface area contributed by atoms with E-state index in [9.17, 15) is 0 Å². The molecular formula is C10H17N3O. The van der Waals surface area contributed by atoms with Crippen molar-refractivity contribution >= 4 is 0 Å². The predicted octanol–water partition coefficient (Wildman–Crippen LogP) is 0.341. The molecule has 0 saturated heterocycles. The molecule has 1 heterocycles. The Hall–Kier alpha value is -0.870. The number of aliphatic hydroxyl groups is 1. The first-order chi connectivity index (χ1) is 6.65. The van der Waals surface area contributed by atoms with Gasteiger partial charge >= 0.3 is 0 Å². The number of nitrogens with zero attached hydrogens (tertiary/aromatic N) is 2. The van der Waals surface area contributed by atoms with Crippen LogP contribution < -0.4 is 5.32 Å². The fourth-order valence-electron chi connectivity index (χ4n) is 1.83. The van der Waals surface area contributed by atoms with Crippen LogP contribution in [-0.2, 0) is 13.6 Å². The monoisotopic (exact) mass is 195 g/mol. The average Bonchev–Trinajstić information content (AvgIpc) is 2.37. The molecule has 0 radical (unpaired) electrons. The largest absolute Gasteiger partial charge is 0.393 e. The molecular weight excluding hydrogens is 178 g/mol. The van der Waals surface area contributed by atoms with Gasteiger partial charge in [0.2, 0.25) is 0 Å². The van der Waals surface area contributed by atoms with E-state index < -0.39 is 0 Å². The van der Waals surface area contributed by atoms with Crippen LogP contribution in [0.5, 0.6) is 0 Å². The summed E-state index contributed by atoms with van der Waals surface area (Å²) in [5.74, 6) is 0. The van der Waals surface area contributed by atoms with Crippen LogP contribution in [0.3, 0.4) is 0 Å². The molecule has 1 aromatic rings. The zero-order valence-corrected chi connectivity index (χ0v) is 8.70. The van der Waals surface area contributed by atoms with Crippen LogP contribution in [0, 0.1) is 6.92 Å². The first-order valence-corrected chi connectivity index (χ1v) is 5.05. The Kier molecular flexibility index (Phi) is 2.56. The van der Waals surface area contributed by atoms with Crippen LogP contribution in [0.15, 0.2) is 6.20 Å². The van der Waals surface area contributed by atoms with Crippen molar-refractivity contribution in [3.8, 4) is 0 Å². The Morgan fingerprint density at radius 3 is 2.86 bits per heavy atom. The van der Waals surface area contributed by atoms with Crippen LogP contribution in [0.25, 0.3) is 0 Å². The van der Waals surface area contributed by atoms with E-state index in [-0.39, 0.29) is 6.10 Å². The molecule has 78 valence electrons. The zero-order valence-electron chi connectivity index (χ0n) is 8.70. The Bertz CT molecular complexity index is 315. The highest BCUT2D eigenvalue weighted by Gasteiger charge is 2.26. The molecule has 0 atom stereocenters. The lowest BCUT2D eigenvalue weighted by Gasteiger charge is -2.32. The molecule has 1 fully saturated rings. The third-order valence-corrected chi connectivity index (χ3v) is 2.81. The SMILES string of the molecule is Cc1nn(C)cc1CNC1CC(O)C1. The van der Waals surface area contributed by atoms with Crippen LogP contribution in [0.4, 0.5) is 0 Å². The summed E-state index contributed by atoms with van der Waals surface area (Å²) in [5.41, 5.74) is 2.33. The Labute approximate surface area is 83.9 Å². The molecule has 14 heavy (non-hydrogen) atoms. The van der Waals surface area contributed by atoms with Gasteiger partial charge in [0.25, 0.3) is 0 Å². The number of aromatic nitrogens is 2. The zero-order chi connectivity index (χ0) is 10.1. The molecule has 0 unspecified atom stereocenters. The molecule has 0 spiro atoms. The molecule has 2 rings (SSSR count). The molecule has 4 heteroatoms. The van der Waals surface area contributed by atoms with Gasteiger partial charge in [-0.25, -0.2) is 0 Å². The number of hydrogen-bond acceptors (Lipinski definition) is 3. The lowest BCUT2D eigenvalue weighted by atomic mass is 9.89. The Balaban J connectivity index is 1.83. The van der Waals surface area contributed by atoms with Gasteiger partial charge in [-0.2, -0.15) is 5.10 Å². The molecule has 1 aliphatic rings. The van der Waals surface area contributed by atoms with Crippen molar-refractivity contribution in [1.29, 1.82) is 0 Å². The number of nitrogens with one attached hydrogen (secondary N) is 1. The summed E-state index contributed by atoms with van der Waals surface area (Å²) in [6, 6.07) is 0.490. The lowest BCUT2D eigenvalue weighted by Crippen LogP contribution is -2.43. The lowest BCUT2D eigenvalue weighted by molar-refractivity contribution is 0.0619. The smallest absolute Gasteiger partial charge is 0.0638 e. The Morgan fingerprint density at radius 2 is 2.36 bits per heavy atom. The van der Waals surface area contributed by atoms with Gasteiger partial charge in [-0.1, -0.05) is 0 Å². The minimum absolute atomic E-state index is 0.0810. The molecule has 1 aliphatic carbocycles. The maximum Gasteiger partial charge on any atom is 0.0638 e. The van der Waals surface area contributed by atoms with Gasteiger partial charge in [0.05, 0.1) is 11.8 Å². The topological polar surface area (TPSA) is 50.1 Å². The third kappa shape index (κ3) is 1.96. The summed E-state index contributed by atoms with van der Waals surface area (Å²) in [7, 11) is 1.93. The van der Waals surface area contributed by atoms with E-state index in [4.69, 9.17) is 5.11 Å². The number of hydrogen-bond donors (Lipinski definition) is 2. The summed E-state index contributed by atoms with van der Waals surface area (Å²) in [4.78, 5) is 0. The van der Waals surface area contributed by atoms with Crippen molar-refractivity contribution in [3.63, 3.8) is 0 Å². The van der Waals surface area contributed by atoms with E-state index in [0.29, 0.717) is 6.04 Å². The first-order valence-electron chi connectivity index (χ1n) is 5.05. The predicted molar refractivity (Wildman–Crippen MR) is 53.8 cm³/mol. The van der Waals surface area contributed by atoms with Crippen LogP contribution in [0.1, 0.15) is 24.1 Å². The van der Waals surface area contributed by atoms with Gasteiger partial charge in [-0.3, -0.25) is 4.68 Å². The highest BCUT2D eigenvalue weighted by atomic mass is 16.3. The molecule has 0 bridgehead atoms. The van der Waals surface area contributed by atoms with E-state index in [0.717, 1.165) is 25.1 Å². The summed E-state index contributed by atoms with van der Waals surface area (Å²) in [5, 5.41) is 16.8. The fraction of sp³-hybridized carbons (Fsp3) is 0.700. The first kappa shape index (κ1) is 9.68. The van der Waals surface area contributed by atoms with Gasteiger partial charge in [0.15, 0.2) is 0 Å². The van der Waals surface area contributed by atoms with Gasteiger partial charge in [-0.05, 0) is 19.8 Å². The van der Waals surface area contributed by atoms with E-state index in [1.807, 2.05) is 24.9 Å².